The Kier molecular flexibility index (Phi) is 4.51. The predicted octanol–water partition coefficient (Wildman–Crippen LogP) is 2.96. The molecule has 1 amide bonds. The average Bonchev–Trinajstić information content (AvgIpc) is 2.60. The average molecular weight is 325 g/mol. The first-order chi connectivity index (χ1) is 11.6. The lowest BCUT2D eigenvalue weighted by molar-refractivity contribution is -0.146. The molecule has 0 aliphatic carbocycles. The topological polar surface area (TPSA) is 55.8 Å². The fourth-order valence-corrected chi connectivity index (χ4v) is 2.98. The molecule has 2 atom stereocenters. The number of benzene rings is 2. The third-order valence-electron chi connectivity index (χ3n) is 4.17. The van der Waals surface area contributed by atoms with E-state index in [0.29, 0.717) is 0 Å². The summed E-state index contributed by atoms with van der Waals surface area (Å²) in [7, 11) is 1.61. The van der Waals surface area contributed by atoms with Crippen molar-refractivity contribution in [1.82, 2.24) is 0 Å². The second-order valence-electron chi connectivity index (χ2n) is 5.67. The molecule has 1 aliphatic rings. The first-order valence-corrected chi connectivity index (χ1v) is 7.77. The number of ether oxygens (including phenoxy) is 2. The van der Waals surface area contributed by atoms with E-state index in [2.05, 4.69) is 0 Å². The molecule has 0 aromatic heterocycles. The van der Waals surface area contributed by atoms with Crippen LogP contribution in [0, 0.1) is 5.92 Å². The maximum Gasteiger partial charge on any atom is 0.302 e. The highest BCUT2D eigenvalue weighted by atomic mass is 16.5. The summed E-state index contributed by atoms with van der Waals surface area (Å²) in [6.07, 6.45) is 0. The molecule has 5 nitrogen and oxygen atoms in total. The van der Waals surface area contributed by atoms with Gasteiger partial charge in [0.2, 0.25) is 5.91 Å². The van der Waals surface area contributed by atoms with E-state index in [-0.39, 0.29) is 30.4 Å². The highest BCUT2D eigenvalue weighted by molar-refractivity contribution is 6.03. The lowest BCUT2D eigenvalue weighted by Gasteiger charge is -2.47. The molecule has 0 N–H and O–H groups in total. The fourth-order valence-electron chi connectivity index (χ4n) is 2.98. The van der Waals surface area contributed by atoms with E-state index in [1.54, 1.807) is 12.0 Å². The Hall–Kier alpha value is -2.82. The molecule has 0 unspecified atom stereocenters. The van der Waals surface area contributed by atoms with Crippen LogP contribution in [-0.2, 0) is 14.3 Å². The van der Waals surface area contributed by atoms with Gasteiger partial charge in [0.05, 0.1) is 19.1 Å². The van der Waals surface area contributed by atoms with Gasteiger partial charge in [0.25, 0.3) is 0 Å². The number of hydrogen-bond acceptors (Lipinski definition) is 4. The molecule has 3 rings (SSSR count). The minimum atomic E-state index is -0.380. The molecule has 0 spiro atoms. The monoisotopic (exact) mass is 325 g/mol. The minimum Gasteiger partial charge on any atom is -0.497 e. The van der Waals surface area contributed by atoms with Crippen molar-refractivity contribution in [1.29, 1.82) is 0 Å². The molecule has 5 heteroatoms. The van der Waals surface area contributed by atoms with Crippen LogP contribution in [0.2, 0.25) is 0 Å². The van der Waals surface area contributed by atoms with Crippen molar-refractivity contribution in [3.8, 4) is 5.75 Å². The normalized spacial score (nSPS) is 19.6. The van der Waals surface area contributed by atoms with Gasteiger partial charge < -0.3 is 14.4 Å². The summed E-state index contributed by atoms with van der Waals surface area (Å²) in [6, 6.07) is 16.9. The number of carbonyl (C=O) groups is 2. The molecule has 0 saturated carbocycles. The molecule has 124 valence electrons. The third-order valence-corrected chi connectivity index (χ3v) is 4.17. The van der Waals surface area contributed by atoms with Crippen molar-refractivity contribution in [3.05, 3.63) is 60.2 Å². The van der Waals surface area contributed by atoms with Gasteiger partial charge in [-0.15, -0.1) is 0 Å². The van der Waals surface area contributed by atoms with E-state index in [4.69, 9.17) is 9.47 Å². The van der Waals surface area contributed by atoms with Crippen LogP contribution in [0.4, 0.5) is 5.69 Å². The number of nitrogens with zero attached hydrogens (tertiary/aromatic N) is 1. The van der Waals surface area contributed by atoms with Crippen LogP contribution in [0.5, 0.6) is 5.75 Å². The molecule has 24 heavy (non-hydrogen) atoms. The molecule has 1 fully saturated rings. The van der Waals surface area contributed by atoms with E-state index in [9.17, 15) is 9.59 Å². The number of rotatable bonds is 5. The molecule has 1 saturated heterocycles. The number of methoxy groups -OCH3 is 1. The summed E-state index contributed by atoms with van der Waals surface area (Å²) in [4.78, 5) is 25.4. The molecule has 0 radical (unpaired) electrons. The summed E-state index contributed by atoms with van der Waals surface area (Å²) in [6.45, 7) is 1.44. The third kappa shape index (κ3) is 2.97. The lowest BCUT2D eigenvalue weighted by Crippen LogP contribution is -2.57. The molecule has 1 heterocycles. The molecule has 0 bridgehead atoms. The van der Waals surface area contributed by atoms with Gasteiger partial charge in [-0.2, -0.15) is 0 Å². The maximum atomic E-state index is 12.6. The summed E-state index contributed by atoms with van der Waals surface area (Å²) >= 11 is 0. The van der Waals surface area contributed by atoms with Crippen molar-refractivity contribution in [2.24, 2.45) is 5.92 Å². The van der Waals surface area contributed by atoms with Gasteiger partial charge in [0.15, 0.2) is 0 Å². The van der Waals surface area contributed by atoms with Gasteiger partial charge in [-0.25, -0.2) is 0 Å². The molecular weight excluding hydrogens is 306 g/mol. The Morgan fingerprint density at radius 2 is 1.75 bits per heavy atom. The van der Waals surface area contributed by atoms with Gasteiger partial charge in [0, 0.05) is 12.6 Å². The van der Waals surface area contributed by atoms with E-state index in [0.717, 1.165) is 17.0 Å². The van der Waals surface area contributed by atoms with Crippen molar-refractivity contribution < 1.29 is 19.1 Å². The van der Waals surface area contributed by atoms with Crippen molar-refractivity contribution in [2.45, 2.75) is 13.0 Å². The van der Waals surface area contributed by atoms with Crippen molar-refractivity contribution in [2.75, 3.05) is 18.6 Å². The highest BCUT2D eigenvalue weighted by Gasteiger charge is 2.49. The Morgan fingerprint density at radius 3 is 2.33 bits per heavy atom. The highest BCUT2D eigenvalue weighted by Crippen LogP contribution is 2.43. The molecule has 2 aromatic carbocycles. The van der Waals surface area contributed by atoms with Gasteiger partial charge in [-0.05, 0) is 29.8 Å². The van der Waals surface area contributed by atoms with Crippen LogP contribution in [0.3, 0.4) is 0 Å². The number of hydrogen-bond donors (Lipinski definition) is 0. The second-order valence-corrected chi connectivity index (χ2v) is 5.67. The van der Waals surface area contributed by atoms with Crippen molar-refractivity contribution >= 4 is 17.6 Å². The predicted molar refractivity (Wildman–Crippen MR) is 89.8 cm³/mol. The lowest BCUT2D eigenvalue weighted by atomic mass is 9.82. The Bertz CT molecular complexity index is 727. The van der Waals surface area contributed by atoms with Gasteiger partial charge in [-0.1, -0.05) is 30.3 Å². The quantitative estimate of drug-likeness (QED) is 0.626. The van der Waals surface area contributed by atoms with E-state index >= 15 is 0 Å². The smallest absolute Gasteiger partial charge is 0.302 e. The Balaban J connectivity index is 1.90. The number of β-lactam (4-membered cyclic amide) rings is 1. The fraction of sp³-hybridized carbons (Fsp3) is 0.263. The van der Waals surface area contributed by atoms with Crippen LogP contribution in [0.25, 0.3) is 0 Å². The number of para-hydroxylation sites is 1. The standard InChI is InChI=1S/C19H19NO4/c1-13(21)24-12-17-18(14-8-10-16(23-2)11-9-14)20(19(17)22)15-6-4-3-5-7-15/h3-11,17-18H,12H2,1-2H3/t17-,18+/m0/s1. The minimum absolute atomic E-state index is 0.0386. The summed E-state index contributed by atoms with van der Waals surface area (Å²) in [5, 5.41) is 0. The molecule has 1 aliphatic heterocycles. The molecule has 2 aromatic rings. The van der Waals surface area contributed by atoms with E-state index in [1.807, 2.05) is 54.6 Å². The number of carbonyl (C=O) groups excluding carboxylic acids is 2. The van der Waals surface area contributed by atoms with Crippen LogP contribution < -0.4 is 9.64 Å². The van der Waals surface area contributed by atoms with Crippen LogP contribution in [0.1, 0.15) is 18.5 Å². The first kappa shape index (κ1) is 16.1. The second kappa shape index (κ2) is 6.74. The van der Waals surface area contributed by atoms with E-state index in [1.165, 1.54) is 6.92 Å². The maximum absolute atomic E-state index is 12.6. The zero-order valence-electron chi connectivity index (χ0n) is 13.6. The number of anilines is 1. The Morgan fingerprint density at radius 1 is 1.08 bits per heavy atom. The van der Waals surface area contributed by atoms with Crippen LogP contribution in [0.15, 0.2) is 54.6 Å². The van der Waals surface area contributed by atoms with E-state index < -0.39 is 0 Å². The zero-order valence-corrected chi connectivity index (χ0v) is 13.6. The summed E-state index contributed by atoms with van der Waals surface area (Å²) < 4.78 is 10.3. The number of amides is 1. The summed E-state index contributed by atoms with van der Waals surface area (Å²) in [5.74, 6) is -0.0348. The van der Waals surface area contributed by atoms with Crippen LogP contribution in [-0.4, -0.2) is 25.6 Å². The van der Waals surface area contributed by atoms with Crippen molar-refractivity contribution in [3.63, 3.8) is 0 Å². The van der Waals surface area contributed by atoms with Gasteiger partial charge in [-0.3, -0.25) is 9.59 Å². The SMILES string of the molecule is COc1ccc([C@@H]2[C@H](COC(C)=O)C(=O)N2c2ccccc2)cc1. The Labute approximate surface area is 140 Å². The molecular formula is C19H19NO4. The van der Waals surface area contributed by atoms with Gasteiger partial charge in [0.1, 0.15) is 12.4 Å². The summed E-state index contributed by atoms with van der Waals surface area (Å²) in [5.41, 5.74) is 1.82. The largest absolute Gasteiger partial charge is 0.497 e. The zero-order chi connectivity index (χ0) is 17.1. The van der Waals surface area contributed by atoms with Gasteiger partial charge >= 0.3 is 5.97 Å². The first-order valence-electron chi connectivity index (χ1n) is 7.77. The van der Waals surface area contributed by atoms with Crippen LogP contribution >= 0.6 is 0 Å². The number of esters is 1.